The number of carbonyl (C=O) groups excluding carboxylic acids is 1. The van der Waals surface area contributed by atoms with Crippen molar-refractivity contribution in [2.24, 2.45) is 0 Å². The van der Waals surface area contributed by atoms with Gasteiger partial charge in [0.15, 0.2) is 0 Å². The lowest BCUT2D eigenvalue weighted by Crippen LogP contribution is -2.46. The van der Waals surface area contributed by atoms with Crippen molar-refractivity contribution in [2.75, 3.05) is 39.3 Å². The Kier molecular flexibility index (Phi) is 4.25. The van der Waals surface area contributed by atoms with Gasteiger partial charge in [0.2, 0.25) is 0 Å². The molecule has 1 aliphatic rings. The van der Waals surface area contributed by atoms with E-state index in [0.717, 1.165) is 45.6 Å². The molecule has 0 aromatic heterocycles. The van der Waals surface area contributed by atoms with Gasteiger partial charge in [-0.2, -0.15) is 0 Å². The second-order valence-corrected chi connectivity index (χ2v) is 3.23. The maximum atomic E-state index is 10.1. The summed E-state index contributed by atoms with van der Waals surface area (Å²) in [5.74, 6) is 0. The van der Waals surface area contributed by atoms with Crippen LogP contribution in [0.2, 0.25) is 0 Å². The first-order chi connectivity index (χ1) is 5.86. The number of aldehydes is 1. The van der Waals surface area contributed by atoms with Gasteiger partial charge in [-0.15, -0.1) is 0 Å². The highest BCUT2D eigenvalue weighted by Gasteiger charge is 2.13. The number of nitrogens with zero attached hydrogens (tertiary/aromatic N) is 2. The quantitative estimate of drug-likeness (QED) is 0.564. The first kappa shape index (κ1) is 9.68. The highest BCUT2D eigenvalue weighted by atomic mass is 16.1. The van der Waals surface area contributed by atoms with E-state index in [1.807, 2.05) is 0 Å². The van der Waals surface area contributed by atoms with E-state index in [9.17, 15) is 4.79 Å². The minimum Gasteiger partial charge on any atom is -0.303 e. The molecule has 0 bridgehead atoms. The lowest BCUT2D eigenvalue weighted by atomic mass is 10.3. The van der Waals surface area contributed by atoms with Crippen molar-refractivity contribution in [2.45, 2.75) is 13.3 Å². The van der Waals surface area contributed by atoms with Crippen LogP contribution in [0.1, 0.15) is 13.3 Å². The highest BCUT2D eigenvalue weighted by Crippen LogP contribution is 2.00. The fourth-order valence-electron chi connectivity index (χ4n) is 1.56. The minimum atomic E-state index is 0.687. The molecule has 1 saturated heterocycles. The van der Waals surface area contributed by atoms with E-state index in [-0.39, 0.29) is 0 Å². The van der Waals surface area contributed by atoms with Crippen molar-refractivity contribution >= 4 is 6.29 Å². The van der Waals surface area contributed by atoms with Crippen molar-refractivity contribution in [1.82, 2.24) is 9.80 Å². The molecule has 0 aliphatic carbocycles. The van der Waals surface area contributed by atoms with Crippen molar-refractivity contribution in [3.05, 3.63) is 0 Å². The molecule has 1 fully saturated rings. The standard InChI is InChI=1S/C9H18N2O/c1-2-10-5-7-11(8-6-10)4-3-9-12/h9H,2-8H2,1H3. The van der Waals surface area contributed by atoms with Gasteiger partial charge in [0.05, 0.1) is 0 Å². The Hall–Kier alpha value is -0.410. The Labute approximate surface area is 74.3 Å². The lowest BCUT2D eigenvalue weighted by Gasteiger charge is -2.33. The summed E-state index contributed by atoms with van der Waals surface area (Å²) in [7, 11) is 0. The summed E-state index contributed by atoms with van der Waals surface area (Å²) in [4.78, 5) is 14.9. The number of likely N-dealkylation sites (N-methyl/N-ethyl adjacent to an activating group) is 1. The van der Waals surface area contributed by atoms with Crippen LogP contribution in [0.5, 0.6) is 0 Å². The van der Waals surface area contributed by atoms with Crippen LogP contribution < -0.4 is 0 Å². The predicted octanol–water partition coefficient (Wildman–Crippen LogP) is 0.213. The van der Waals surface area contributed by atoms with Gasteiger partial charge in [-0.1, -0.05) is 6.92 Å². The maximum Gasteiger partial charge on any atom is 0.121 e. The summed E-state index contributed by atoms with van der Waals surface area (Å²) in [6.07, 6.45) is 1.69. The molecule has 0 radical (unpaired) electrons. The van der Waals surface area contributed by atoms with E-state index in [0.29, 0.717) is 6.42 Å². The SMILES string of the molecule is CCN1CCN(CCC=O)CC1. The molecule has 0 saturated carbocycles. The van der Waals surface area contributed by atoms with Gasteiger partial charge in [0, 0.05) is 39.1 Å². The molecule has 3 heteroatoms. The van der Waals surface area contributed by atoms with Crippen molar-refractivity contribution in [1.29, 1.82) is 0 Å². The van der Waals surface area contributed by atoms with E-state index in [2.05, 4.69) is 16.7 Å². The van der Waals surface area contributed by atoms with Crippen LogP contribution >= 0.6 is 0 Å². The zero-order valence-electron chi connectivity index (χ0n) is 7.83. The van der Waals surface area contributed by atoms with Crippen molar-refractivity contribution in [3.63, 3.8) is 0 Å². The van der Waals surface area contributed by atoms with Crippen LogP contribution in [0.25, 0.3) is 0 Å². The zero-order valence-corrected chi connectivity index (χ0v) is 7.83. The topological polar surface area (TPSA) is 23.6 Å². The summed E-state index contributed by atoms with van der Waals surface area (Å²) in [5, 5.41) is 0. The van der Waals surface area contributed by atoms with Gasteiger partial charge in [-0.25, -0.2) is 0 Å². The largest absolute Gasteiger partial charge is 0.303 e. The second-order valence-electron chi connectivity index (χ2n) is 3.23. The minimum absolute atomic E-state index is 0.687. The molecule has 0 atom stereocenters. The molecule has 0 unspecified atom stereocenters. The Morgan fingerprint density at radius 2 is 1.75 bits per heavy atom. The number of hydrogen-bond acceptors (Lipinski definition) is 3. The molecule has 0 aromatic rings. The second kappa shape index (κ2) is 5.27. The molecule has 1 aliphatic heterocycles. The monoisotopic (exact) mass is 170 g/mol. The molecule has 0 N–H and O–H groups in total. The third-order valence-electron chi connectivity index (χ3n) is 2.48. The fraction of sp³-hybridized carbons (Fsp3) is 0.889. The Morgan fingerprint density at radius 3 is 2.25 bits per heavy atom. The molecule has 3 nitrogen and oxygen atoms in total. The van der Waals surface area contributed by atoms with E-state index in [1.54, 1.807) is 0 Å². The average Bonchev–Trinajstić information content (AvgIpc) is 2.15. The fourth-order valence-corrected chi connectivity index (χ4v) is 1.56. The molecule has 1 rings (SSSR count). The van der Waals surface area contributed by atoms with Crippen LogP contribution in [0.15, 0.2) is 0 Å². The molecule has 70 valence electrons. The van der Waals surface area contributed by atoms with Gasteiger partial charge in [-0.3, -0.25) is 0 Å². The number of piperazine rings is 1. The Bertz CT molecular complexity index is 130. The summed E-state index contributed by atoms with van der Waals surface area (Å²) in [6, 6.07) is 0. The summed E-state index contributed by atoms with van der Waals surface area (Å²) in [6.45, 7) is 8.87. The summed E-state index contributed by atoms with van der Waals surface area (Å²) >= 11 is 0. The first-order valence-corrected chi connectivity index (χ1v) is 4.75. The third kappa shape index (κ3) is 2.91. The van der Waals surface area contributed by atoms with Crippen LogP contribution in [0, 0.1) is 0 Å². The molecule has 0 aromatic carbocycles. The van der Waals surface area contributed by atoms with E-state index < -0.39 is 0 Å². The van der Waals surface area contributed by atoms with E-state index in [1.165, 1.54) is 0 Å². The van der Waals surface area contributed by atoms with Gasteiger partial charge in [0.25, 0.3) is 0 Å². The summed E-state index contributed by atoms with van der Waals surface area (Å²) in [5.41, 5.74) is 0. The van der Waals surface area contributed by atoms with E-state index >= 15 is 0 Å². The first-order valence-electron chi connectivity index (χ1n) is 4.75. The highest BCUT2D eigenvalue weighted by molar-refractivity contribution is 5.49. The average molecular weight is 170 g/mol. The predicted molar refractivity (Wildman–Crippen MR) is 49.2 cm³/mol. The van der Waals surface area contributed by atoms with E-state index in [4.69, 9.17) is 0 Å². The maximum absolute atomic E-state index is 10.1. The number of carbonyl (C=O) groups is 1. The molecule has 0 amide bonds. The van der Waals surface area contributed by atoms with Gasteiger partial charge in [-0.05, 0) is 6.54 Å². The Balaban J connectivity index is 2.12. The number of hydrogen-bond donors (Lipinski definition) is 0. The molecule has 1 heterocycles. The molecule has 12 heavy (non-hydrogen) atoms. The van der Waals surface area contributed by atoms with Crippen LogP contribution in [-0.2, 0) is 4.79 Å². The molecular weight excluding hydrogens is 152 g/mol. The van der Waals surface area contributed by atoms with Crippen LogP contribution in [0.3, 0.4) is 0 Å². The van der Waals surface area contributed by atoms with Gasteiger partial charge in [0.1, 0.15) is 6.29 Å². The smallest absolute Gasteiger partial charge is 0.121 e. The van der Waals surface area contributed by atoms with Gasteiger partial charge >= 0.3 is 0 Å². The van der Waals surface area contributed by atoms with Crippen LogP contribution in [0.4, 0.5) is 0 Å². The van der Waals surface area contributed by atoms with Crippen molar-refractivity contribution < 1.29 is 4.79 Å². The number of rotatable bonds is 4. The van der Waals surface area contributed by atoms with Crippen molar-refractivity contribution in [3.8, 4) is 0 Å². The van der Waals surface area contributed by atoms with Crippen LogP contribution in [-0.4, -0.2) is 55.4 Å². The normalized spacial score (nSPS) is 21.1. The summed E-state index contributed by atoms with van der Waals surface area (Å²) < 4.78 is 0. The molecule has 0 spiro atoms. The zero-order chi connectivity index (χ0) is 8.81. The molecular formula is C9H18N2O. The Morgan fingerprint density at radius 1 is 1.17 bits per heavy atom. The van der Waals surface area contributed by atoms with Gasteiger partial charge < -0.3 is 14.6 Å². The lowest BCUT2D eigenvalue weighted by molar-refractivity contribution is -0.108. The third-order valence-corrected chi connectivity index (χ3v) is 2.48.